The first-order valence-corrected chi connectivity index (χ1v) is 3.88. The van der Waals surface area contributed by atoms with Crippen molar-refractivity contribution in [2.24, 2.45) is 15.0 Å². The van der Waals surface area contributed by atoms with E-state index >= 15 is 0 Å². The average Bonchev–Trinajstić information content (AvgIpc) is 2.88. The first-order chi connectivity index (χ1) is 6.95. The van der Waals surface area contributed by atoms with Gasteiger partial charge in [-0.25, -0.2) is 20.3 Å². The molecular weight excluding hydrogens is 182 g/mol. The second-order valence-electron chi connectivity index (χ2n) is 2.61. The average molecular weight is 186 g/mol. The van der Waals surface area contributed by atoms with Crippen LogP contribution in [-0.4, -0.2) is 33.3 Å². The maximum absolute atomic E-state index is 4.09. The molecule has 2 aliphatic heterocycles. The molecule has 1 aromatic rings. The molecule has 0 N–H and O–H groups in total. The summed E-state index contributed by atoms with van der Waals surface area (Å²) in [4.78, 5) is 12.1. The van der Waals surface area contributed by atoms with E-state index in [-0.39, 0.29) is 0 Å². The van der Waals surface area contributed by atoms with Gasteiger partial charge in [-0.05, 0) is 0 Å². The Kier molecular flexibility index (Phi) is 1.32. The maximum Gasteiger partial charge on any atom is 0.185 e. The molecular formula is C7H4N7. The SMILES string of the molecule is C1=NC2=C(n3cnnc3)N=C[N]C2=N1. The Bertz CT molecular complexity index is 476. The summed E-state index contributed by atoms with van der Waals surface area (Å²) in [6.07, 6.45) is 5.99. The third-order valence-corrected chi connectivity index (χ3v) is 1.81. The standard InChI is InChI=1S/C7H4N7/c1-8-5-6(9-1)10-2-11-7(5)14-3-12-13-4-14/h1-4H. The van der Waals surface area contributed by atoms with Crippen molar-refractivity contribution >= 4 is 24.3 Å². The molecule has 3 rings (SSSR count). The van der Waals surface area contributed by atoms with Crippen molar-refractivity contribution < 1.29 is 0 Å². The van der Waals surface area contributed by atoms with Crippen LogP contribution in [0.5, 0.6) is 0 Å². The van der Waals surface area contributed by atoms with Crippen molar-refractivity contribution in [2.45, 2.75) is 0 Å². The third kappa shape index (κ3) is 0.889. The van der Waals surface area contributed by atoms with Gasteiger partial charge in [0.25, 0.3) is 0 Å². The monoisotopic (exact) mass is 186 g/mol. The number of amidine groups is 1. The molecule has 0 amide bonds. The van der Waals surface area contributed by atoms with Crippen molar-refractivity contribution in [1.82, 2.24) is 20.1 Å². The van der Waals surface area contributed by atoms with Crippen LogP contribution >= 0.6 is 0 Å². The van der Waals surface area contributed by atoms with Crippen molar-refractivity contribution in [3.63, 3.8) is 0 Å². The van der Waals surface area contributed by atoms with Gasteiger partial charge < -0.3 is 0 Å². The van der Waals surface area contributed by atoms with Crippen LogP contribution in [0.15, 0.2) is 33.3 Å². The maximum atomic E-state index is 4.09. The Balaban J connectivity index is 2.18. The lowest BCUT2D eigenvalue weighted by Gasteiger charge is -2.09. The molecule has 1 radical (unpaired) electrons. The van der Waals surface area contributed by atoms with Gasteiger partial charge in [-0.2, -0.15) is 0 Å². The van der Waals surface area contributed by atoms with Crippen LogP contribution in [-0.2, 0) is 0 Å². The lowest BCUT2D eigenvalue weighted by molar-refractivity contribution is 1.03. The van der Waals surface area contributed by atoms with Crippen LogP contribution in [0, 0.1) is 0 Å². The summed E-state index contributed by atoms with van der Waals surface area (Å²) >= 11 is 0. The van der Waals surface area contributed by atoms with E-state index < -0.39 is 0 Å². The van der Waals surface area contributed by atoms with E-state index in [1.165, 1.54) is 12.7 Å². The highest BCUT2D eigenvalue weighted by Gasteiger charge is 2.20. The van der Waals surface area contributed by atoms with Gasteiger partial charge in [0, 0.05) is 0 Å². The van der Waals surface area contributed by atoms with E-state index in [0.29, 0.717) is 17.4 Å². The van der Waals surface area contributed by atoms with Crippen LogP contribution in [0.3, 0.4) is 0 Å². The van der Waals surface area contributed by atoms with E-state index in [1.54, 1.807) is 17.2 Å². The summed E-state index contributed by atoms with van der Waals surface area (Å²) in [6, 6.07) is 0. The van der Waals surface area contributed by atoms with Crippen LogP contribution in [0.4, 0.5) is 0 Å². The van der Waals surface area contributed by atoms with Gasteiger partial charge in [0.2, 0.25) is 0 Å². The molecule has 0 fully saturated rings. The topological polar surface area (TPSA) is 81.9 Å². The zero-order valence-electron chi connectivity index (χ0n) is 6.94. The molecule has 7 heteroatoms. The number of hydrogen-bond donors (Lipinski definition) is 0. The van der Waals surface area contributed by atoms with Gasteiger partial charge in [-0.3, -0.25) is 4.57 Å². The number of fused-ring (bicyclic) bond motifs is 1. The van der Waals surface area contributed by atoms with E-state index in [4.69, 9.17) is 0 Å². The largest absolute Gasteiger partial charge is 0.270 e. The zero-order chi connectivity index (χ0) is 9.38. The number of aliphatic imine (C=N–C) groups is 3. The van der Waals surface area contributed by atoms with Gasteiger partial charge in [-0.15, -0.1) is 10.2 Å². The predicted molar refractivity (Wildman–Crippen MR) is 49.8 cm³/mol. The molecule has 67 valence electrons. The summed E-state index contributed by atoms with van der Waals surface area (Å²) in [6.45, 7) is 0. The molecule has 0 spiro atoms. The van der Waals surface area contributed by atoms with E-state index in [1.807, 2.05) is 0 Å². The Morgan fingerprint density at radius 1 is 1.00 bits per heavy atom. The van der Waals surface area contributed by atoms with Crippen LogP contribution < -0.4 is 5.32 Å². The highest BCUT2D eigenvalue weighted by molar-refractivity contribution is 6.15. The Hall–Kier alpha value is -2.31. The number of aromatic nitrogens is 3. The summed E-state index contributed by atoms with van der Waals surface area (Å²) in [5.41, 5.74) is 0.646. The Morgan fingerprint density at radius 2 is 1.86 bits per heavy atom. The molecule has 0 bridgehead atoms. The highest BCUT2D eigenvalue weighted by atomic mass is 15.3. The minimum Gasteiger partial charge on any atom is -0.270 e. The van der Waals surface area contributed by atoms with Crippen LogP contribution in [0.25, 0.3) is 5.82 Å². The molecule has 0 aliphatic carbocycles. The molecule has 0 aromatic carbocycles. The highest BCUT2D eigenvalue weighted by Crippen LogP contribution is 2.19. The normalized spacial score (nSPS) is 18.1. The summed E-state index contributed by atoms with van der Waals surface area (Å²) in [5.74, 6) is 1.21. The number of nitrogens with zero attached hydrogens (tertiary/aromatic N) is 7. The second-order valence-corrected chi connectivity index (χ2v) is 2.61. The van der Waals surface area contributed by atoms with E-state index in [9.17, 15) is 0 Å². The van der Waals surface area contributed by atoms with Gasteiger partial charge >= 0.3 is 0 Å². The summed E-state index contributed by atoms with van der Waals surface area (Å²) < 4.78 is 1.67. The molecule has 14 heavy (non-hydrogen) atoms. The van der Waals surface area contributed by atoms with Gasteiger partial charge in [0.15, 0.2) is 17.4 Å². The van der Waals surface area contributed by atoms with Gasteiger partial charge in [0.1, 0.15) is 25.3 Å². The summed E-state index contributed by atoms with van der Waals surface area (Å²) in [7, 11) is 0. The Labute approximate surface area is 78.6 Å². The zero-order valence-corrected chi connectivity index (χ0v) is 6.94. The van der Waals surface area contributed by atoms with Crippen molar-refractivity contribution in [1.29, 1.82) is 0 Å². The molecule has 0 saturated carbocycles. The first kappa shape index (κ1) is 7.13. The summed E-state index contributed by atoms with van der Waals surface area (Å²) in [5, 5.41) is 11.4. The minimum absolute atomic E-state index is 0.573. The van der Waals surface area contributed by atoms with Crippen molar-refractivity contribution in [3.05, 3.63) is 18.4 Å². The first-order valence-electron chi connectivity index (χ1n) is 3.88. The quantitative estimate of drug-likeness (QED) is 0.591. The number of rotatable bonds is 1. The predicted octanol–water partition coefficient (Wildman–Crippen LogP) is -0.509. The molecule has 0 atom stereocenters. The van der Waals surface area contributed by atoms with Gasteiger partial charge in [-0.1, -0.05) is 0 Å². The lowest BCUT2D eigenvalue weighted by Crippen LogP contribution is -2.20. The molecule has 7 nitrogen and oxygen atoms in total. The fourth-order valence-electron chi connectivity index (χ4n) is 1.21. The number of hydrogen-bond acceptors (Lipinski definition) is 5. The smallest absolute Gasteiger partial charge is 0.185 e. The van der Waals surface area contributed by atoms with E-state index in [2.05, 4.69) is 30.5 Å². The molecule has 1 aromatic heterocycles. The van der Waals surface area contributed by atoms with Crippen molar-refractivity contribution in [2.75, 3.05) is 0 Å². The van der Waals surface area contributed by atoms with Gasteiger partial charge in [0.05, 0.1) is 0 Å². The minimum atomic E-state index is 0.573. The molecule has 0 saturated heterocycles. The van der Waals surface area contributed by atoms with Crippen LogP contribution in [0.2, 0.25) is 0 Å². The van der Waals surface area contributed by atoms with Crippen LogP contribution in [0.1, 0.15) is 0 Å². The second kappa shape index (κ2) is 2.59. The molecule has 3 heterocycles. The van der Waals surface area contributed by atoms with Crippen molar-refractivity contribution in [3.8, 4) is 0 Å². The lowest BCUT2D eigenvalue weighted by atomic mass is 10.3. The Morgan fingerprint density at radius 3 is 2.71 bits per heavy atom. The fourth-order valence-corrected chi connectivity index (χ4v) is 1.21. The molecule has 0 unspecified atom stereocenters. The fraction of sp³-hybridized carbons (Fsp3) is 0. The molecule has 2 aliphatic rings. The van der Waals surface area contributed by atoms with E-state index in [0.717, 1.165) is 0 Å². The third-order valence-electron chi connectivity index (χ3n) is 1.81.